The van der Waals surface area contributed by atoms with Crippen molar-refractivity contribution in [1.82, 2.24) is 14.8 Å². The maximum Gasteiger partial charge on any atom is 0.225 e. The fourth-order valence-corrected chi connectivity index (χ4v) is 2.34. The lowest BCUT2D eigenvalue weighted by molar-refractivity contribution is 0.00517. The van der Waals surface area contributed by atoms with Crippen LogP contribution < -0.4 is 0 Å². The zero-order chi connectivity index (χ0) is 12.5. The van der Waals surface area contributed by atoms with Crippen molar-refractivity contribution >= 4 is 11.6 Å². The Labute approximate surface area is 107 Å². The highest BCUT2D eigenvalue weighted by Gasteiger charge is 2.25. The Hall–Kier alpha value is -0.610. The highest BCUT2D eigenvalue weighted by molar-refractivity contribution is 6.28. The lowest BCUT2D eigenvalue weighted by Crippen LogP contribution is -2.28. The van der Waals surface area contributed by atoms with Crippen LogP contribution in [0.1, 0.15) is 45.9 Å². The van der Waals surface area contributed by atoms with Gasteiger partial charge in [0.25, 0.3) is 0 Å². The largest absolute Gasteiger partial charge is 0.376 e. The first kappa shape index (κ1) is 12.8. The molecule has 0 bridgehead atoms. The van der Waals surface area contributed by atoms with E-state index in [1.165, 1.54) is 12.8 Å². The fourth-order valence-electron chi connectivity index (χ4n) is 2.16. The molecule has 0 radical (unpaired) electrons. The summed E-state index contributed by atoms with van der Waals surface area (Å²) in [7, 11) is 0. The van der Waals surface area contributed by atoms with E-state index in [0.717, 1.165) is 25.4 Å². The Bertz CT molecular complexity index is 378. The van der Waals surface area contributed by atoms with Gasteiger partial charge in [0.15, 0.2) is 0 Å². The average molecular weight is 258 g/mol. The molecule has 1 unspecified atom stereocenters. The summed E-state index contributed by atoms with van der Waals surface area (Å²) in [4.78, 5) is 0. The maximum absolute atomic E-state index is 6.10. The molecule has 5 heteroatoms. The van der Waals surface area contributed by atoms with Crippen LogP contribution in [0.3, 0.4) is 0 Å². The van der Waals surface area contributed by atoms with Gasteiger partial charge in [0.2, 0.25) is 5.28 Å². The van der Waals surface area contributed by atoms with Crippen LogP contribution >= 0.6 is 11.6 Å². The highest BCUT2D eigenvalue weighted by atomic mass is 35.5. The van der Waals surface area contributed by atoms with Gasteiger partial charge < -0.3 is 4.74 Å². The molecule has 0 spiro atoms. The van der Waals surface area contributed by atoms with E-state index >= 15 is 0 Å². The second kappa shape index (κ2) is 4.94. The summed E-state index contributed by atoms with van der Waals surface area (Å²) in [5.74, 6) is 0.927. The molecule has 1 aliphatic heterocycles. The lowest BCUT2D eigenvalue weighted by atomic mass is 9.95. The van der Waals surface area contributed by atoms with Crippen LogP contribution in [0.25, 0.3) is 0 Å². The van der Waals surface area contributed by atoms with Crippen LogP contribution in [0.2, 0.25) is 5.28 Å². The van der Waals surface area contributed by atoms with E-state index in [9.17, 15) is 0 Å². The van der Waals surface area contributed by atoms with Gasteiger partial charge in [-0.1, -0.05) is 20.8 Å². The van der Waals surface area contributed by atoms with E-state index in [-0.39, 0.29) is 11.5 Å². The maximum atomic E-state index is 6.10. The van der Waals surface area contributed by atoms with Gasteiger partial charge in [-0.05, 0) is 30.9 Å². The molecular formula is C12H20ClN3O. The standard InChI is InChI=1S/C12H20ClN3O/c1-12(2,3)10-14-15-11(13)16(10)8-9-6-4-5-7-17-9/h9H,4-8H2,1-3H3. The zero-order valence-electron chi connectivity index (χ0n) is 10.7. The molecule has 96 valence electrons. The average Bonchev–Trinajstić information content (AvgIpc) is 2.62. The van der Waals surface area contributed by atoms with Crippen LogP contribution in [0.5, 0.6) is 0 Å². The molecule has 0 N–H and O–H groups in total. The van der Waals surface area contributed by atoms with Crippen molar-refractivity contribution in [2.24, 2.45) is 0 Å². The minimum atomic E-state index is -0.0468. The van der Waals surface area contributed by atoms with Gasteiger partial charge in [0.1, 0.15) is 5.82 Å². The first-order valence-corrected chi connectivity index (χ1v) is 6.57. The quantitative estimate of drug-likeness (QED) is 0.818. The lowest BCUT2D eigenvalue weighted by Gasteiger charge is -2.25. The van der Waals surface area contributed by atoms with Crippen molar-refractivity contribution in [1.29, 1.82) is 0 Å². The second-order valence-electron chi connectivity index (χ2n) is 5.64. The molecule has 0 saturated carbocycles. The second-order valence-corrected chi connectivity index (χ2v) is 5.98. The topological polar surface area (TPSA) is 39.9 Å². The van der Waals surface area contributed by atoms with Gasteiger partial charge in [-0.2, -0.15) is 0 Å². The first-order chi connectivity index (χ1) is 7.98. The zero-order valence-corrected chi connectivity index (χ0v) is 11.5. The van der Waals surface area contributed by atoms with Crippen molar-refractivity contribution in [3.05, 3.63) is 11.1 Å². The van der Waals surface area contributed by atoms with E-state index in [1.807, 2.05) is 4.57 Å². The summed E-state index contributed by atoms with van der Waals surface area (Å²) in [6.45, 7) is 7.97. The minimum absolute atomic E-state index is 0.0468. The molecule has 1 aromatic heterocycles. The molecule has 0 aliphatic carbocycles. The van der Waals surface area contributed by atoms with Gasteiger partial charge in [-0.3, -0.25) is 4.57 Å². The Morgan fingerprint density at radius 3 is 2.71 bits per heavy atom. The van der Waals surface area contributed by atoms with Gasteiger partial charge in [-0.15, -0.1) is 10.2 Å². The number of hydrogen-bond donors (Lipinski definition) is 0. The van der Waals surface area contributed by atoms with Crippen molar-refractivity contribution < 1.29 is 4.74 Å². The normalized spacial score (nSPS) is 21.8. The van der Waals surface area contributed by atoms with Crippen molar-refractivity contribution in [3.8, 4) is 0 Å². The SMILES string of the molecule is CC(C)(C)c1nnc(Cl)n1CC1CCCCO1. The predicted molar refractivity (Wildman–Crippen MR) is 67.3 cm³/mol. The van der Waals surface area contributed by atoms with Crippen LogP contribution in [0.15, 0.2) is 0 Å². The summed E-state index contributed by atoms with van der Waals surface area (Å²) in [6.07, 6.45) is 3.74. The Kier molecular flexibility index (Phi) is 3.73. The molecule has 1 aliphatic rings. The first-order valence-electron chi connectivity index (χ1n) is 6.19. The number of ether oxygens (including phenoxy) is 1. The molecule has 0 amide bonds. The summed E-state index contributed by atoms with van der Waals surface area (Å²) < 4.78 is 7.72. The monoisotopic (exact) mass is 257 g/mol. The predicted octanol–water partition coefficient (Wildman–Crippen LogP) is 2.80. The fraction of sp³-hybridized carbons (Fsp3) is 0.833. The van der Waals surface area contributed by atoms with Crippen LogP contribution in [-0.2, 0) is 16.7 Å². The molecule has 0 aromatic carbocycles. The molecule has 17 heavy (non-hydrogen) atoms. The highest BCUT2D eigenvalue weighted by Crippen LogP contribution is 2.25. The molecule has 1 atom stereocenters. The summed E-state index contributed by atoms with van der Waals surface area (Å²) >= 11 is 6.10. The smallest absolute Gasteiger partial charge is 0.225 e. The minimum Gasteiger partial charge on any atom is -0.376 e. The van der Waals surface area contributed by atoms with E-state index in [1.54, 1.807) is 0 Å². The number of nitrogens with zero attached hydrogens (tertiary/aromatic N) is 3. The van der Waals surface area contributed by atoms with Gasteiger partial charge in [-0.25, -0.2) is 0 Å². The van der Waals surface area contributed by atoms with Crippen LogP contribution in [-0.4, -0.2) is 27.5 Å². The Morgan fingerprint density at radius 2 is 2.12 bits per heavy atom. The van der Waals surface area contributed by atoms with Gasteiger partial charge in [0.05, 0.1) is 12.6 Å². The number of halogens is 1. The number of rotatable bonds is 2. The van der Waals surface area contributed by atoms with Crippen molar-refractivity contribution in [2.45, 2.75) is 58.1 Å². The number of hydrogen-bond acceptors (Lipinski definition) is 3. The molecule has 1 saturated heterocycles. The third-order valence-corrected chi connectivity index (χ3v) is 3.32. The third-order valence-electron chi connectivity index (χ3n) is 3.04. The van der Waals surface area contributed by atoms with E-state index in [2.05, 4.69) is 31.0 Å². The van der Waals surface area contributed by atoms with Crippen LogP contribution in [0.4, 0.5) is 0 Å². The number of aromatic nitrogens is 3. The molecule has 4 nitrogen and oxygen atoms in total. The molecule has 1 fully saturated rings. The van der Waals surface area contributed by atoms with Crippen molar-refractivity contribution in [3.63, 3.8) is 0 Å². The van der Waals surface area contributed by atoms with Crippen molar-refractivity contribution in [2.75, 3.05) is 6.61 Å². The molecule has 1 aromatic rings. The van der Waals surface area contributed by atoms with Gasteiger partial charge in [0, 0.05) is 12.0 Å². The Morgan fingerprint density at radius 1 is 1.35 bits per heavy atom. The molecule has 2 rings (SSSR count). The third kappa shape index (κ3) is 2.99. The summed E-state index contributed by atoms with van der Waals surface area (Å²) in [5, 5.41) is 8.61. The molecular weight excluding hydrogens is 238 g/mol. The van der Waals surface area contributed by atoms with Gasteiger partial charge >= 0.3 is 0 Å². The van der Waals surface area contributed by atoms with Crippen LogP contribution in [0, 0.1) is 0 Å². The summed E-state index contributed by atoms with van der Waals surface area (Å²) in [5.41, 5.74) is -0.0468. The van der Waals surface area contributed by atoms with E-state index in [4.69, 9.17) is 16.3 Å². The Balaban J connectivity index is 2.16. The summed E-state index contributed by atoms with van der Waals surface area (Å²) in [6, 6.07) is 0. The van der Waals surface area contributed by atoms with E-state index in [0.29, 0.717) is 5.28 Å². The van der Waals surface area contributed by atoms with E-state index < -0.39 is 0 Å². The molecule has 2 heterocycles.